The normalized spacial score (nSPS) is 15.8. The molecule has 5 atom stereocenters. The monoisotopic (exact) mass is 1970 g/mol. The van der Waals surface area contributed by atoms with Crippen LogP contribution in [0.1, 0.15) is 94.3 Å². The van der Waals surface area contributed by atoms with Crippen molar-refractivity contribution in [2.75, 3.05) is 94.4 Å². The van der Waals surface area contributed by atoms with Crippen LogP contribution in [0.4, 0.5) is 40.8 Å². The fraction of sp³-hybridized carbons (Fsp3) is 0.337. The number of ether oxygens (including phenoxy) is 4. The van der Waals surface area contributed by atoms with E-state index in [-0.39, 0.29) is 71.3 Å². The Balaban J connectivity index is 0.000000147. The lowest BCUT2D eigenvalue weighted by atomic mass is 9.98. The molecule has 0 saturated carbocycles. The molecular formula is C86H90Cl8F4N20O9S2. The maximum Gasteiger partial charge on any atom is 0.248 e. The van der Waals surface area contributed by atoms with Crippen LogP contribution in [0.15, 0.2) is 147 Å². The summed E-state index contributed by atoms with van der Waals surface area (Å²) in [6, 6.07) is 18.1. The molecule has 5 unspecified atom stereocenters. The molecule has 4 saturated heterocycles. The molecule has 0 radical (unpaired) electrons. The highest BCUT2D eigenvalue weighted by atomic mass is 35.5. The highest BCUT2D eigenvalue weighted by Crippen LogP contribution is 2.44. The minimum Gasteiger partial charge on any atom is -0.482 e. The second kappa shape index (κ2) is 41.7. The molecule has 684 valence electrons. The van der Waals surface area contributed by atoms with Gasteiger partial charge in [-0.1, -0.05) is 92.8 Å². The third-order valence-corrected chi connectivity index (χ3v) is 27.1. The van der Waals surface area contributed by atoms with E-state index in [1.54, 1.807) is 122 Å². The van der Waals surface area contributed by atoms with Crippen molar-refractivity contribution in [3.05, 3.63) is 233 Å². The Morgan fingerprint density at radius 2 is 0.744 bits per heavy atom. The van der Waals surface area contributed by atoms with Gasteiger partial charge in [-0.25, -0.2) is 58.7 Å². The van der Waals surface area contributed by atoms with Crippen LogP contribution < -0.4 is 41.9 Å². The van der Waals surface area contributed by atoms with Crippen molar-refractivity contribution in [1.29, 1.82) is 0 Å². The number of carbonyl (C=O) groups excluding carboxylic acids is 1. The molecular weight excluding hydrogens is 1880 g/mol. The molecule has 8 aromatic heterocycles. The number of sulfonamides is 1. The van der Waals surface area contributed by atoms with Gasteiger partial charge in [0.1, 0.15) is 54.3 Å². The number of hydrogen-bond acceptors (Lipinski definition) is 22. The average Bonchev–Trinajstić information content (AvgIpc) is 1.60. The molecule has 129 heavy (non-hydrogen) atoms. The van der Waals surface area contributed by atoms with E-state index in [4.69, 9.17) is 140 Å². The van der Waals surface area contributed by atoms with Gasteiger partial charge in [-0.15, -0.1) is 0 Å². The molecule has 0 spiro atoms. The number of halogens is 12. The van der Waals surface area contributed by atoms with Gasteiger partial charge in [-0.3, -0.25) is 23.5 Å². The fourth-order valence-corrected chi connectivity index (χ4v) is 19.2. The molecule has 1 amide bonds. The molecule has 0 aliphatic carbocycles. The number of hydrogen-bond donors (Lipinski definition) is 5. The quantitative estimate of drug-likeness (QED) is 0.0236. The van der Waals surface area contributed by atoms with Gasteiger partial charge >= 0.3 is 0 Å². The fourth-order valence-electron chi connectivity index (χ4n) is 14.6. The number of anilines is 4. The molecule has 29 nitrogen and oxygen atoms in total. The van der Waals surface area contributed by atoms with Gasteiger partial charge in [0, 0.05) is 238 Å². The summed E-state index contributed by atoms with van der Waals surface area (Å²) in [6.45, 7) is 18.7. The van der Waals surface area contributed by atoms with E-state index in [9.17, 15) is 35.0 Å². The number of benzene rings is 4. The lowest BCUT2D eigenvalue weighted by Gasteiger charge is -2.42. The number of aliphatic hydroxyl groups excluding tert-OH is 1. The van der Waals surface area contributed by atoms with Gasteiger partial charge in [0.2, 0.25) is 15.9 Å². The molecule has 12 aromatic rings. The summed E-state index contributed by atoms with van der Waals surface area (Å²) >= 11 is 49.2. The van der Waals surface area contributed by atoms with Crippen LogP contribution >= 0.6 is 92.8 Å². The first-order chi connectivity index (χ1) is 61.2. The summed E-state index contributed by atoms with van der Waals surface area (Å²) in [4.78, 5) is 32.4. The Morgan fingerprint density at radius 1 is 0.450 bits per heavy atom. The molecule has 4 aliphatic heterocycles. The van der Waals surface area contributed by atoms with Crippen LogP contribution in [-0.2, 0) is 45.4 Å². The molecule has 12 heterocycles. The van der Waals surface area contributed by atoms with Gasteiger partial charge < -0.3 is 56.8 Å². The van der Waals surface area contributed by atoms with Gasteiger partial charge in [-0.2, -0.15) is 20.4 Å². The first kappa shape index (κ1) is 96.7. The van der Waals surface area contributed by atoms with Crippen molar-refractivity contribution in [2.45, 2.75) is 97.7 Å². The Bertz CT molecular complexity index is 6220. The largest absolute Gasteiger partial charge is 0.482 e. The highest BCUT2D eigenvalue weighted by molar-refractivity contribution is 7.88. The minimum absolute atomic E-state index is 0.0361. The van der Waals surface area contributed by atoms with Crippen LogP contribution in [0.25, 0.3) is 44.5 Å². The summed E-state index contributed by atoms with van der Waals surface area (Å²) in [5, 5.41) is 27.4. The van der Waals surface area contributed by atoms with Crippen LogP contribution in [0.5, 0.6) is 23.0 Å². The third-order valence-electron chi connectivity index (χ3n) is 22.0. The van der Waals surface area contributed by atoms with Crippen LogP contribution in [0, 0.1) is 41.0 Å². The number of amides is 1. The van der Waals surface area contributed by atoms with E-state index in [2.05, 4.69) is 59.1 Å². The summed E-state index contributed by atoms with van der Waals surface area (Å²) in [5.41, 5.74) is 31.7. The van der Waals surface area contributed by atoms with Crippen molar-refractivity contribution in [3.63, 3.8) is 0 Å². The molecule has 43 heteroatoms. The van der Waals surface area contributed by atoms with Crippen molar-refractivity contribution in [3.8, 4) is 67.5 Å². The zero-order valence-corrected chi connectivity index (χ0v) is 78.2. The van der Waals surface area contributed by atoms with Gasteiger partial charge in [0.25, 0.3) is 0 Å². The van der Waals surface area contributed by atoms with E-state index in [1.807, 2.05) is 38.5 Å². The standard InChI is InChI=1S/C23H26Cl2FN5O.C21H22Cl2FN5O3S.C21H20Cl2FN5O3.C21H22Cl2FN5O2S/c1-13(2)30-9-15(10-30)11-31-12-17(8-29-31)16-6-20(23(27)28-7-16)32-14(3)21-18(24)4-5-19(26)22(21)25;1-12(19-16(22)3-4-17(24)20(19)23)32-18-5-14(6-26-21(18)25)15-7-27-28(11-15)8-13-9-29(10-13)33(2,30)31;1-11(19-15(22)2-3-16(24)20(19)23)32-17-4-12(5-26-21(17)25)13-6-27-29(7-13)14-8-28(9-14)18(31)10-30;1-12(19-16(22)3-4-17(24)20(19)23)31-18-5-14(6-26-21(18)25)15-7-27-28(11-15)8-13-9-29(10-13)32(2)30/h4-8,12-15H,9-11H2,1-3H3,(H2,27,28);3-7,11-13H,8-10H2,1-2H3,(H2,25,26);2-7,11,14,30H,8-10H2,1H3,(H2,25,26);3-7,11-13H,8-10H2,1-2H3,(H2,25,26). The van der Waals surface area contributed by atoms with Crippen LogP contribution in [0.2, 0.25) is 40.2 Å². The lowest BCUT2D eigenvalue weighted by Crippen LogP contribution is -2.51. The van der Waals surface area contributed by atoms with Gasteiger partial charge in [0.05, 0.1) is 68.2 Å². The van der Waals surface area contributed by atoms with E-state index < -0.39 is 75.3 Å². The minimum atomic E-state index is -3.14. The smallest absolute Gasteiger partial charge is 0.248 e. The molecule has 9 N–H and O–H groups in total. The predicted octanol–water partition coefficient (Wildman–Crippen LogP) is 17.3. The summed E-state index contributed by atoms with van der Waals surface area (Å²) < 4.78 is 125. The van der Waals surface area contributed by atoms with Crippen molar-refractivity contribution >= 4 is 143 Å². The molecule has 0 bridgehead atoms. The Labute approximate surface area is 783 Å². The number of pyridine rings is 4. The highest BCUT2D eigenvalue weighted by Gasteiger charge is 2.36. The van der Waals surface area contributed by atoms with Gasteiger partial charge in [-0.05, 0) is 114 Å². The molecule has 4 aliphatic rings. The zero-order chi connectivity index (χ0) is 92.9. The van der Waals surface area contributed by atoms with E-state index in [0.29, 0.717) is 111 Å². The average molecular weight is 1970 g/mol. The maximum absolute atomic E-state index is 13.9. The number of rotatable bonds is 27. The predicted molar refractivity (Wildman–Crippen MR) is 493 cm³/mol. The summed E-state index contributed by atoms with van der Waals surface area (Å²) in [7, 11) is -4.07. The van der Waals surface area contributed by atoms with Crippen molar-refractivity contribution < 1.29 is 59.0 Å². The number of aromatic nitrogens is 12. The number of nitrogen functional groups attached to an aromatic ring is 4. The molecule has 4 aromatic carbocycles. The first-order valence-corrected chi connectivity index (χ1v) is 46.7. The van der Waals surface area contributed by atoms with Gasteiger partial charge in [0.15, 0.2) is 46.3 Å². The van der Waals surface area contributed by atoms with Crippen molar-refractivity contribution in [1.82, 2.24) is 77.5 Å². The molecule has 16 rings (SSSR count). The van der Waals surface area contributed by atoms with Crippen LogP contribution in [0.3, 0.4) is 0 Å². The Morgan fingerprint density at radius 3 is 1.04 bits per heavy atom. The van der Waals surface area contributed by atoms with Crippen molar-refractivity contribution in [2.24, 2.45) is 17.8 Å². The SMILES string of the molecule is CC(Oc1cc(-c2cnn(C3CN(C(=O)CO)C3)c2)cnc1N)c1c(Cl)ccc(F)c1Cl.CC(Oc1cc(-c2cnn(CC3CN(C(C)C)C3)c2)cnc1N)c1c(Cl)ccc(F)c1Cl.CC(Oc1cc(-c2cnn(CC3CN(S(C)(=O)=O)C3)c2)cnc1N)c1c(Cl)ccc(F)c1Cl.CC(Oc1cc(-c2cnn(CC3CN(S(C)=O)C3)c2)cnc1N)c1c(Cl)ccc(F)c1Cl. The number of nitrogens with zero attached hydrogens (tertiary/aromatic N) is 16. The topological polar surface area (TPSA) is 365 Å². The molecule has 4 fully saturated rings. The lowest BCUT2D eigenvalue weighted by molar-refractivity contribution is -0.140. The third kappa shape index (κ3) is 23.2. The zero-order valence-electron chi connectivity index (χ0n) is 70.6. The maximum atomic E-state index is 13.9. The van der Waals surface area contributed by atoms with E-state index in [0.717, 1.165) is 78.2 Å². The number of aliphatic hydroxyl groups is 1. The Hall–Kier alpha value is -9.83. The van der Waals surface area contributed by atoms with E-state index >= 15 is 0 Å². The van der Waals surface area contributed by atoms with Crippen LogP contribution in [-0.4, -0.2) is 179 Å². The Kier molecular flexibility index (Phi) is 31.3. The number of nitrogens with two attached hydrogens (primary N) is 4. The second-order valence-electron chi connectivity index (χ2n) is 31.7. The van der Waals surface area contributed by atoms with E-state index in [1.165, 1.54) is 59.1 Å². The number of carbonyl (C=O) groups is 1. The second-order valence-corrected chi connectivity index (χ2v) is 38.2. The summed E-state index contributed by atoms with van der Waals surface area (Å²) in [6.07, 6.45) is 21.3. The number of likely N-dealkylation sites (tertiary alicyclic amines) is 2. The first-order valence-electron chi connectivity index (χ1n) is 40.3. The summed E-state index contributed by atoms with van der Waals surface area (Å²) in [5.74, 6) is 0.637.